The van der Waals surface area contributed by atoms with Crippen molar-refractivity contribution in [1.82, 2.24) is 4.90 Å². The number of likely N-dealkylation sites (tertiary alicyclic amines) is 1. The van der Waals surface area contributed by atoms with Crippen LogP contribution in [-0.4, -0.2) is 41.2 Å². The lowest BCUT2D eigenvalue weighted by atomic mass is 9.85. The largest absolute Gasteiger partial charge is 0.454 e. The lowest BCUT2D eigenvalue weighted by molar-refractivity contribution is -0.159. The summed E-state index contributed by atoms with van der Waals surface area (Å²) >= 11 is 5.92. The van der Waals surface area contributed by atoms with Gasteiger partial charge in [0.05, 0.1) is 11.8 Å². The summed E-state index contributed by atoms with van der Waals surface area (Å²) < 4.78 is 5.26. The molecule has 2 aromatic rings. The monoisotopic (exact) mass is 466 g/mol. The predicted octanol–water partition coefficient (Wildman–Crippen LogP) is 3.38. The molecule has 0 spiro atoms. The van der Waals surface area contributed by atoms with E-state index in [9.17, 15) is 19.2 Å². The number of esters is 1. The van der Waals surface area contributed by atoms with E-state index in [-0.39, 0.29) is 18.2 Å². The Bertz CT molecular complexity index is 1070. The molecule has 33 heavy (non-hydrogen) atoms. The molecule has 0 unspecified atom stereocenters. The van der Waals surface area contributed by atoms with Crippen LogP contribution >= 0.6 is 11.6 Å². The Morgan fingerprint density at radius 3 is 2.30 bits per heavy atom. The summed E-state index contributed by atoms with van der Waals surface area (Å²) in [4.78, 5) is 52.5. The normalized spacial score (nSPS) is 20.3. The highest BCUT2D eigenvalue weighted by Gasteiger charge is 2.51. The van der Waals surface area contributed by atoms with E-state index >= 15 is 0 Å². The zero-order chi connectivity index (χ0) is 23.4. The molecule has 1 fully saturated rings. The number of allylic oxidation sites excluding steroid dienone is 2. The second kappa shape index (κ2) is 10.0. The number of rotatable bonds is 7. The van der Waals surface area contributed by atoms with Gasteiger partial charge in [-0.2, -0.15) is 0 Å². The van der Waals surface area contributed by atoms with Crippen LogP contribution in [0.5, 0.6) is 0 Å². The SMILES string of the molecule is O=C(COC(=O)[C@H](Cc1ccccc1)N1C(=O)[C@H]2CC=CC[C@@H]2C1=O)Nc1cccc(Cl)c1. The third kappa shape index (κ3) is 5.14. The minimum Gasteiger partial charge on any atom is -0.454 e. The summed E-state index contributed by atoms with van der Waals surface area (Å²) in [7, 11) is 0. The van der Waals surface area contributed by atoms with Crippen LogP contribution in [0, 0.1) is 11.8 Å². The van der Waals surface area contributed by atoms with Crippen molar-refractivity contribution >= 4 is 41.0 Å². The number of hydrogen-bond acceptors (Lipinski definition) is 5. The molecule has 1 heterocycles. The first-order valence-corrected chi connectivity index (χ1v) is 11.1. The Labute approximate surface area is 196 Å². The van der Waals surface area contributed by atoms with Crippen LogP contribution in [-0.2, 0) is 30.3 Å². The van der Waals surface area contributed by atoms with Crippen LogP contribution in [0.1, 0.15) is 18.4 Å². The van der Waals surface area contributed by atoms with Gasteiger partial charge in [-0.1, -0.05) is 60.2 Å². The summed E-state index contributed by atoms with van der Waals surface area (Å²) in [5.74, 6) is -3.00. The number of benzene rings is 2. The molecule has 3 amide bonds. The van der Waals surface area contributed by atoms with E-state index in [0.29, 0.717) is 23.6 Å². The Kier molecular flexibility index (Phi) is 6.89. The summed E-state index contributed by atoms with van der Waals surface area (Å²) in [6, 6.07) is 14.5. The van der Waals surface area contributed by atoms with Gasteiger partial charge in [0.25, 0.3) is 5.91 Å². The third-order valence-electron chi connectivity index (χ3n) is 5.85. The molecule has 1 saturated heterocycles. The van der Waals surface area contributed by atoms with Gasteiger partial charge in [0.1, 0.15) is 6.04 Å². The van der Waals surface area contributed by atoms with Gasteiger partial charge in [-0.15, -0.1) is 0 Å². The van der Waals surface area contributed by atoms with Gasteiger partial charge in [-0.25, -0.2) is 4.79 Å². The fourth-order valence-corrected chi connectivity index (χ4v) is 4.44. The van der Waals surface area contributed by atoms with Crippen LogP contribution in [0.3, 0.4) is 0 Å². The van der Waals surface area contributed by atoms with Crippen molar-refractivity contribution in [2.24, 2.45) is 11.8 Å². The van der Waals surface area contributed by atoms with E-state index in [1.807, 2.05) is 42.5 Å². The number of carbonyl (C=O) groups is 4. The Balaban J connectivity index is 1.48. The summed E-state index contributed by atoms with van der Waals surface area (Å²) in [5.41, 5.74) is 1.24. The number of halogens is 1. The van der Waals surface area contributed by atoms with Crippen LogP contribution in [0.25, 0.3) is 0 Å². The second-order valence-electron chi connectivity index (χ2n) is 8.07. The highest BCUT2D eigenvalue weighted by Crippen LogP contribution is 2.36. The average Bonchev–Trinajstić information content (AvgIpc) is 3.07. The van der Waals surface area contributed by atoms with Gasteiger partial charge >= 0.3 is 5.97 Å². The maximum Gasteiger partial charge on any atom is 0.330 e. The molecule has 0 aromatic heterocycles. The molecule has 2 aromatic carbocycles. The number of nitrogens with one attached hydrogen (secondary N) is 1. The third-order valence-corrected chi connectivity index (χ3v) is 6.09. The van der Waals surface area contributed by atoms with E-state index in [4.69, 9.17) is 16.3 Å². The summed E-state index contributed by atoms with van der Waals surface area (Å²) in [5, 5.41) is 3.05. The molecular weight excluding hydrogens is 444 g/mol. The summed E-state index contributed by atoms with van der Waals surface area (Å²) in [6.45, 7) is -0.554. The first kappa shape index (κ1) is 22.7. The molecule has 0 saturated carbocycles. The minimum absolute atomic E-state index is 0.111. The molecule has 3 atom stereocenters. The Morgan fingerprint density at radius 2 is 1.67 bits per heavy atom. The van der Waals surface area contributed by atoms with Gasteiger partial charge in [-0.3, -0.25) is 19.3 Å². The first-order chi connectivity index (χ1) is 15.9. The molecule has 1 aliphatic carbocycles. The number of carbonyl (C=O) groups excluding carboxylic acids is 4. The van der Waals surface area contributed by atoms with Crippen molar-refractivity contribution in [3.05, 3.63) is 77.3 Å². The van der Waals surface area contributed by atoms with E-state index in [1.165, 1.54) is 0 Å². The van der Waals surface area contributed by atoms with Crippen molar-refractivity contribution < 1.29 is 23.9 Å². The maximum atomic E-state index is 13.1. The molecule has 170 valence electrons. The Hall–Kier alpha value is -3.45. The molecule has 1 aliphatic heterocycles. The van der Waals surface area contributed by atoms with Gasteiger partial charge in [0.2, 0.25) is 11.8 Å². The van der Waals surface area contributed by atoms with E-state index in [2.05, 4.69) is 5.32 Å². The number of ether oxygens (including phenoxy) is 1. The molecule has 7 nitrogen and oxygen atoms in total. The van der Waals surface area contributed by atoms with Crippen LogP contribution in [0.2, 0.25) is 5.02 Å². The molecule has 0 radical (unpaired) electrons. The van der Waals surface area contributed by atoms with E-state index < -0.39 is 36.4 Å². The van der Waals surface area contributed by atoms with Gasteiger partial charge in [-0.05, 0) is 36.6 Å². The maximum absolute atomic E-state index is 13.1. The van der Waals surface area contributed by atoms with Crippen LogP contribution in [0.15, 0.2) is 66.7 Å². The lowest BCUT2D eigenvalue weighted by Gasteiger charge is -2.25. The number of fused-ring (bicyclic) bond motifs is 1. The molecule has 2 aliphatic rings. The Morgan fingerprint density at radius 1 is 1.00 bits per heavy atom. The van der Waals surface area contributed by atoms with Crippen molar-refractivity contribution in [2.75, 3.05) is 11.9 Å². The number of nitrogens with zero attached hydrogens (tertiary/aromatic N) is 1. The fraction of sp³-hybridized carbons (Fsp3) is 0.280. The zero-order valence-corrected chi connectivity index (χ0v) is 18.5. The van der Waals surface area contributed by atoms with Crippen LogP contribution in [0.4, 0.5) is 5.69 Å². The molecule has 8 heteroatoms. The second-order valence-corrected chi connectivity index (χ2v) is 8.51. The lowest BCUT2D eigenvalue weighted by Crippen LogP contribution is -2.48. The standard InChI is InChI=1S/C25H23ClN2O5/c26-17-9-6-10-18(14-17)27-22(29)15-33-25(32)21(13-16-7-2-1-3-8-16)28-23(30)19-11-4-5-12-20(19)24(28)31/h1-10,14,19-21H,11-13,15H2,(H,27,29)/t19-,20-,21-/m0/s1. The summed E-state index contributed by atoms with van der Waals surface area (Å²) in [6.07, 6.45) is 4.84. The van der Waals surface area contributed by atoms with Gasteiger partial charge in [0, 0.05) is 17.1 Å². The highest BCUT2D eigenvalue weighted by atomic mass is 35.5. The topological polar surface area (TPSA) is 92.8 Å². The average molecular weight is 467 g/mol. The van der Waals surface area contributed by atoms with Gasteiger partial charge < -0.3 is 10.1 Å². The smallest absolute Gasteiger partial charge is 0.330 e. The number of amides is 3. The van der Waals surface area contributed by atoms with Crippen molar-refractivity contribution in [3.63, 3.8) is 0 Å². The zero-order valence-electron chi connectivity index (χ0n) is 17.8. The molecule has 1 N–H and O–H groups in total. The molecule has 4 rings (SSSR count). The van der Waals surface area contributed by atoms with E-state index in [0.717, 1.165) is 10.5 Å². The fourth-order valence-electron chi connectivity index (χ4n) is 4.25. The number of imide groups is 1. The molecular formula is C25H23ClN2O5. The van der Waals surface area contributed by atoms with E-state index in [1.54, 1.807) is 24.3 Å². The predicted molar refractivity (Wildman–Crippen MR) is 122 cm³/mol. The van der Waals surface area contributed by atoms with Crippen molar-refractivity contribution in [3.8, 4) is 0 Å². The van der Waals surface area contributed by atoms with Gasteiger partial charge in [0.15, 0.2) is 6.61 Å². The van der Waals surface area contributed by atoms with Crippen LogP contribution < -0.4 is 5.32 Å². The minimum atomic E-state index is -1.14. The first-order valence-electron chi connectivity index (χ1n) is 10.7. The van der Waals surface area contributed by atoms with Crippen molar-refractivity contribution in [1.29, 1.82) is 0 Å². The molecule has 0 bridgehead atoms. The number of hydrogen-bond donors (Lipinski definition) is 1. The van der Waals surface area contributed by atoms with Crippen molar-refractivity contribution in [2.45, 2.75) is 25.3 Å². The quantitative estimate of drug-likeness (QED) is 0.383. The number of anilines is 1. The highest BCUT2D eigenvalue weighted by molar-refractivity contribution is 6.30.